The smallest absolute Gasteiger partial charge is 0.146 e. The van der Waals surface area contributed by atoms with E-state index in [1.165, 1.54) is 65.5 Å². The second kappa shape index (κ2) is 8.51. The molecule has 0 spiro atoms. The summed E-state index contributed by atoms with van der Waals surface area (Å²) in [7, 11) is 0. The van der Waals surface area contributed by atoms with E-state index in [1.807, 2.05) is 0 Å². The Labute approximate surface area is 236 Å². The first-order chi connectivity index (χ1) is 20.3. The summed E-state index contributed by atoms with van der Waals surface area (Å²) in [5.74, 6) is 0. The van der Waals surface area contributed by atoms with Crippen molar-refractivity contribution in [1.82, 2.24) is 9.38 Å². The molecule has 0 aliphatic rings. The van der Waals surface area contributed by atoms with Crippen LogP contribution >= 0.6 is 0 Å². The Kier molecular flexibility index (Phi) is 4.64. The molecule has 2 heterocycles. The molecule has 9 rings (SSSR count). The Morgan fingerprint density at radius 3 is 1.90 bits per heavy atom. The van der Waals surface area contributed by atoms with Gasteiger partial charge in [-0.3, -0.25) is 4.40 Å². The second-order valence-electron chi connectivity index (χ2n) is 10.8. The number of nitrogens with zero attached hydrogens (tertiary/aromatic N) is 2. The van der Waals surface area contributed by atoms with E-state index in [4.69, 9.17) is 4.98 Å². The van der Waals surface area contributed by atoms with Gasteiger partial charge in [-0.1, -0.05) is 109 Å². The predicted octanol–water partition coefficient (Wildman–Crippen LogP) is 10.4. The van der Waals surface area contributed by atoms with Crippen molar-refractivity contribution in [3.8, 4) is 22.3 Å². The average Bonchev–Trinajstić information content (AvgIpc) is 3.44. The maximum absolute atomic E-state index is 5.10. The standard InChI is InChI=1S/C39H24N2/c1-2-10-29-24-35-33(22-28(29)9-1)34-23-30(20-21-37(34)41-38-15-6-5-14-36(38)40-39(35)41)25-16-18-27(19-17-25)32-13-7-11-26-8-3-4-12-31(26)32/h1-24H. The van der Waals surface area contributed by atoms with Crippen LogP contribution in [0, 0.1) is 0 Å². The van der Waals surface area contributed by atoms with Gasteiger partial charge >= 0.3 is 0 Å². The van der Waals surface area contributed by atoms with Crippen molar-refractivity contribution in [3.05, 3.63) is 146 Å². The summed E-state index contributed by atoms with van der Waals surface area (Å²) in [6.45, 7) is 0. The number of imidazole rings is 1. The van der Waals surface area contributed by atoms with Crippen LogP contribution in [-0.4, -0.2) is 9.38 Å². The van der Waals surface area contributed by atoms with Crippen LogP contribution in [0.15, 0.2) is 146 Å². The quantitative estimate of drug-likeness (QED) is 0.164. The van der Waals surface area contributed by atoms with Gasteiger partial charge in [0, 0.05) is 10.8 Å². The minimum absolute atomic E-state index is 1.01. The molecule has 0 fully saturated rings. The summed E-state index contributed by atoms with van der Waals surface area (Å²) >= 11 is 0. The van der Waals surface area contributed by atoms with Gasteiger partial charge in [-0.05, 0) is 85.6 Å². The van der Waals surface area contributed by atoms with Gasteiger partial charge in [0.2, 0.25) is 0 Å². The van der Waals surface area contributed by atoms with Crippen molar-refractivity contribution in [3.63, 3.8) is 0 Å². The molecule has 2 aromatic heterocycles. The van der Waals surface area contributed by atoms with Gasteiger partial charge in [-0.25, -0.2) is 4.98 Å². The molecule has 0 atom stereocenters. The molecule has 0 saturated heterocycles. The number of hydrogen-bond donors (Lipinski definition) is 0. The Hall–Kier alpha value is -5.47. The van der Waals surface area contributed by atoms with E-state index in [0.29, 0.717) is 0 Å². The Morgan fingerprint density at radius 2 is 1.05 bits per heavy atom. The molecule has 2 nitrogen and oxygen atoms in total. The third-order valence-corrected chi connectivity index (χ3v) is 8.53. The van der Waals surface area contributed by atoms with E-state index in [0.717, 1.165) is 16.7 Å². The van der Waals surface area contributed by atoms with Crippen molar-refractivity contribution in [2.75, 3.05) is 0 Å². The van der Waals surface area contributed by atoms with E-state index in [1.54, 1.807) is 0 Å². The van der Waals surface area contributed by atoms with Crippen LogP contribution in [0.3, 0.4) is 0 Å². The van der Waals surface area contributed by atoms with E-state index < -0.39 is 0 Å². The van der Waals surface area contributed by atoms with Gasteiger partial charge in [-0.2, -0.15) is 0 Å². The van der Waals surface area contributed by atoms with E-state index in [2.05, 4.69) is 150 Å². The summed E-state index contributed by atoms with van der Waals surface area (Å²) in [6, 6.07) is 52.7. The minimum Gasteiger partial charge on any atom is -0.292 e. The first-order valence-corrected chi connectivity index (χ1v) is 14.1. The highest BCUT2D eigenvalue weighted by Crippen LogP contribution is 2.37. The zero-order valence-corrected chi connectivity index (χ0v) is 22.3. The zero-order chi connectivity index (χ0) is 26.9. The van der Waals surface area contributed by atoms with Gasteiger partial charge in [-0.15, -0.1) is 0 Å². The summed E-state index contributed by atoms with van der Waals surface area (Å²) < 4.78 is 2.33. The second-order valence-corrected chi connectivity index (χ2v) is 10.8. The molecule has 7 aromatic carbocycles. The summed E-state index contributed by atoms with van der Waals surface area (Å²) in [5, 5.41) is 8.66. The fourth-order valence-corrected chi connectivity index (χ4v) is 6.54. The zero-order valence-electron chi connectivity index (χ0n) is 22.3. The Morgan fingerprint density at radius 1 is 0.390 bits per heavy atom. The van der Waals surface area contributed by atoms with Crippen LogP contribution in [0.5, 0.6) is 0 Å². The van der Waals surface area contributed by atoms with E-state index >= 15 is 0 Å². The highest BCUT2D eigenvalue weighted by molar-refractivity contribution is 6.18. The van der Waals surface area contributed by atoms with Crippen molar-refractivity contribution >= 4 is 59.9 Å². The molecule has 0 saturated carbocycles. The monoisotopic (exact) mass is 520 g/mol. The molecule has 2 heteroatoms. The lowest BCUT2D eigenvalue weighted by atomic mass is 9.95. The van der Waals surface area contributed by atoms with E-state index in [9.17, 15) is 0 Å². The number of aromatic nitrogens is 2. The molecule has 0 bridgehead atoms. The van der Waals surface area contributed by atoms with Gasteiger partial charge in [0.25, 0.3) is 0 Å². The lowest BCUT2D eigenvalue weighted by Gasteiger charge is -2.13. The number of hydrogen-bond acceptors (Lipinski definition) is 1. The number of pyridine rings is 1. The van der Waals surface area contributed by atoms with E-state index in [-0.39, 0.29) is 0 Å². The lowest BCUT2D eigenvalue weighted by Crippen LogP contribution is -1.92. The van der Waals surface area contributed by atoms with Gasteiger partial charge in [0.05, 0.1) is 16.6 Å². The van der Waals surface area contributed by atoms with Crippen molar-refractivity contribution < 1.29 is 0 Å². The van der Waals surface area contributed by atoms with Crippen LogP contribution in [0.1, 0.15) is 0 Å². The van der Waals surface area contributed by atoms with Crippen LogP contribution in [-0.2, 0) is 0 Å². The molecule has 0 unspecified atom stereocenters. The molecule has 0 amide bonds. The predicted molar refractivity (Wildman–Crippen MR) is 174 cm³/mol. The number of para-hydroxylation sites is 2. The fraction of sp³-hybridized carbons (Fsp3) is 0. The summed E-state index contributed by atoms with van der Waals surface area (Å²) in [4.78, 5) is 5.10. The largest absolute Gasteiger partial charge is 0.292 e. The highest BCUT2D eigenvalue weighted by Gasteiger charge is 2.15. The highest BCUT2D eigenvalue weighted by atomic mass is 15.0. The van der Waals surface area contributed by atoms with Crippen molar-refractivity contribution in [2.24, 2.45) is 0 Å². The molecule has 0 N–H and O–H groups in total. The van der Waals surface area contributed by atoms with Gasteiger partial charge < -0.3 is 0 Å². The van der Waals surface area contributed by atoms with Crippen molar-refractivity contribution in [2.45, 2.75) is 0 Å². The molecule has 0 aliphatic carbocycles. The SMILES string of the molecule is c1ccc2cc3c(cc2c1)c1cc(-c2ccc(-c4cccc5ccccc45)cc2)ccc1n1c2ccccc2nc31. The maximum Gasteiger partial charge on any atom is 0.146 e. The minimum atomic E-state index is 1.01. The van der Waals surface area contributed by atoms with Crippen LogP contribution < -0.4 is 0 Å². The van der Waals surface area contributed by atoms with Crippen LogP contribution in [0.4, 0.5) is 0 Å². The Balaban J connectivity index is 1.28. The van der Waals surface area contributed by atoms with Crippen LogP contribution in [0.2, 0.25) is 0 Å². The molecule has 0 aliphatic heterocycles. The molecular formula is C39H24N2. The Bertz CT molecular complexity index is 2460. The summed E-state index contributed by atoms with van der Waals surface area (Å²) in [6.07, 6.45) is 0. The normalized spacial score (nSPS) is 11.9. The third kappa shape index (κ3) is 3.34. The molecule has 41 heavy (non-hydrogen) atoms. The fourth-order valence-electron chi connectivity index (χ4n) is 6.54. The average molecular weight is 521 g/mol. The van der Waals surface area contributed by atoms with Crippen molar-refractivity contribution in [1.29, 1.82) is 0 Å². The van der Waals surface area contributed by atoms with Crippen LogP contribution in [0.25, 0.3) is 82.2 Å². The van der Waals surface area contributed by atoms with Gasteiger partial charge in [0.1, 0.15) is 5.65 Å². The maximum atomic E-state index is 5.10. The molecule has 0 radical (unpaired) electrons. The topological polar surface area (TPSA) is 17.3 Å². The number of rotatable bonds is 2. The first kappa shape index (κ1) is 22.4. The third-order valence-electron chi connectivity index (χ3n) is 8.53. The number of benzene rings is 7. The molecule has 190 valence electrons. The summed E-state index contributed by atoms with van der Waals surface area (Å²) in [5.41, 5.74) is 9.24. The first-order valence-electron chi connectivity index (χ1n) is 14.1. The molecular weight excluding hydrogens is 496 g/mol. The van der Waals surface area contributed by atoms with Gasteiger partial charge in [0.15, 0.2) is 0 Å². The lowest BCUT2D eigenvalue weighted by molar-refractivity contribution is 1.32. The molecule has 9 aromatic rings. The number of fused-ring (bicyclic) bond motifs is 10.